The summed E-state index contributed by atoms with van der Waals surface area (Å²) in [5, 5.41) is 3.37. The Labute approximate surface area is 154 Å². The second kappa shape index (κ2) is 7.94. The molecule has 8 heteroatoms. The predicted octanol–water partition coefficient (Wildman–Crippen LogP) is 4.46. The fourth-order valence-electron chi connectivity index (χ4n) is 2.69. The third kappa shape index (κ3) is 5.18. The van der Waals surface area contributed by atoms with Gasteiger partial charge < -0.3 is 9.42 Å². The molecule has 0 atom stereocenters. The highest BCUT2D eigenvalue weighted by Crippen LogP contribution is 2.31. The molecule has 144 valence electrons. The number of halogens is 3. The van der Waals surface area contributed by atoms with Crippen LogP contribution in [0, 0.1) is 5.92 Å². The van der Waals surface area contributed by atoms with Crippen LogP contribution in [-0.4, -0.2) is 27.5 Å². The van der Waals surface area contributed by atoms with Crippen LogP contribution in [0.3, 0.4) is 0 Å². The average Bonchev–Trinajstić information content (AvgIpc) is 3.30. The summed E-state index contributed by atoms with van der Waals surface area (Å²) in [7, 11) is 0. The van der Waals surface area contributed by atoms with Gasteiger partial charge in [-0.1, -0.05) is 35.5 Å². The molecular formula is C19H20F3N3O2. The molecule has 1 aromatic heterocycles. The number of rotatable bonds is 8. The Balaban J connectivity index is 1.68. The minimum Gasteiger partial charge on any atom is -0.338 e. The molecule has 1 saturated carbocycles. The van der Waals surface area contributed by atoms with E-state index in [1.54, 1.807) is 30.3 Å². The van der Waals surface area contributed by atoms with Crippen molar-refractivity contribution in [2.75, 3.05) is 6.54 Å². The van der Waals surface area contributed by atoms with Crippen molar-refractivity contribution in [1.82, 2.24) is 15.0 Å². The van der Waals surface area contributed by atoms with Crippen LogP contribution in [0.5, 0.6) is 0 Å². The van der Waals surface area contributed by atoms with E-state index in [2.05, 4.69) is 21.2 Å². The van der Waals surface area contributed by atoms with Crippen LogP contribution in [0.2, 0.25) is 0 Å². The van der Waals surface area contributed by atoms with Crippen LogP contribution < -0.4 is 0 Å². The Morgan fingerprint density at radius 2 is 2.00 bits per heavy atom. The SMILES string of the molecule is C=CCCC(=O)N(Cc1ccc(-c2noc(C(F)(F)F)n2)cc1)CC1CC1. The zero-order chi connectivity index (χ0) is 19.4. The van der Waals surface area contributed by atoms with E-state index in [9.17, 15) is 18.0 Å². The van der Waals surface area contributed by atoms with Crippen LogP contribution >= 0.6 is 0 Å². The van der Waals surface area contributed by atoms with Gasteiger partial charge >= 0.3 is 12.1 Å². The molecule has 0 N–H and O–H groups in total. The number of amides is 1. The van der Waals surface area contributed by atoms with E-state index in [4.69, 9.17) is 0 Å². The molecule has 1 fully saturated rings. The molecule has 3 rings (SSSR count). The first-order valence-corrected chi connectivity index (χ1v) is 8.75. The summed E-state index contributed by atoms with van der Waals surface area (Å²) >= 11 is 0. The van der Waals surface area contributed by atoms with Crippen LogP contribution in [0.15, 0.2) is 41.4 Å². The molecule has 27 heavy (non-hydrogen) atoms. The molecule has 2 aromatic rings. The third-order valence-electron chi connectivity index (χ3n) is 4.34. The quantitative estimate of drug-likeness (QED) is 0.636. The van der Waals surface area contributed by atoms with Gasteiger partial charge in [0.1, 0.15) is 0 Å². The lowest BCUT2D eigenvalue weighted by Crippen LogP contribution is -2.32. The van der Waals surface area contributed by atoms with E-state index in [1.165, 1.54) is 0 Å². The Morgan fingerprint density at radius 1 is 1.30 bits per heavy atom. The second-order valence-corrected chi connectivity index (χ2v) is 6.66. The number of hydrogen-bond donors (Lipinski definition) is 0. The summed E-state index contributed by atoms with van der Waals surface area (Å²) in [4.78, 5) is 17.6. The van der Waals surface area contributed by atoms with Gasteiger partial charge in [0.2, 0.25) is 11.7 Å². The molecule has 1 aliphatic rings. The maximum absolute atomic E-state index is 12.6. The molecule has 0 unspecified atom stereocenters. The number of aromatic nitrogens is 2. The fourth-order valence-corrected chi connectivity index (χ4v) is 2.69. The molecule has 0 aliphatic heterocycles. The number of nitrogens with zero attached hydrogens (tertiary/aromatic N) is 3. The molecule has 0 radical (unpaired) electrons. The topological polar surface area (TPSA) is 59.2 Å². The van der Waals surface area contributed by atoms with E-state index >= 15 is 0 Å². The van der Waals surface area contributed by atoms with Gasteiger partial charge in [-0.25, -0.2) is 0 Å². The lowest BCUT2D eigenvalue weighted by molar-refractivity contribution is -0.159. The zero-order valence-corrected chi connectivity index (χ0v) is 14.7. The van der Waals surface area contributed by atoms with Gasteiger partial charge in [0.05, 0.1) is 0 Å². The maximum Gasteiger partial charge on any atom is 0.471 e. The van der Waals surface area contributed by atoms with Gasteiger partial charge in [-0.15, -0.1) is 6.58 Å². The Hall–Kier alpha value is -2.64. The summed E-state index contributed by atoms with van der Waals surface area (Å²) in [6.07, 6.45) is 0.408. The smallest absolute Gasteiger partial charge is 0.338 e. The Morgan fingerprint density at radius 3 is 2.56 bits per heavy atom. The number of hydrogen-bond acceptors (Lipinski definition) is 4. The van der Waals surface area contributed by atoms with Crippen molar-refractivity contribution in [3.8, 4) is 11.4 Å². The van der Waals surface area contributed by atoms with E-state index in [0.29, 0.717) is 30.9 Å². The average molecular weight is 379 g/mol. The Bertz CT molecular complexity index is 795. The first-order chi connectivity index (χ1) is 12.9. The van der Waals surface area contributed by atoms with Crippen molar-refractivity contribution in [1.29, 1.82) is 0 Å². The van der Waals surface area contributed by atoms with Gasteiger partial charge in [-0.3, -0.25) is 4.79 Å². The molecular weight excluding hydrogens is 359 g/mol. The van der Waals surface area contributed by atoms with E-state index in [0.717, 1.165) is 24.9 Å². The molecule has 1 aliphatic carbocycles. The van der Waals surface area contributed by atoms with Gasteiger partial charge in [-0.2, -0.15) is 18.2 Å². The lowest BCUT2D eigenvalue weighted by Gasteiger charge is -2.23. The number of carbonyl (C=O) groups is 1. The number of allylic oxidation sites excluding steroid dienone is 1. The highest BCUT2D eigenvalue weighted by atomic mass is 19.4. The summed E-state index contributed by atoms with van der Waals surface area (Å²) in [5.74, 6) is -0.841. The van der Waals surface area contributed by atoms with Crippen molar-refractivity contribution < 1.29 is 22.5 Å². The van der Waals surface area contributed by atoms with Gasteiger partial charge in [0, 0.05) is 25.1 Å². The largest absolute Gasteiger partial charge is 0.471 e. The van der Waals surface area contributed by atoms with Crippen molar-refractivity contribution >= 4 is 5.91 Å². The van der Waals surface area contributed by atoms with Gasteiger partial charge in [0.25, 0.3) is 0 Å². The van der Waals surface area contributed by atoms with Gasteiger partial charge in [-0.05, 0) is 30.7 Å². The second-order valence-electron chi connectivity index (χ2n) is 6.66. The molecule has 1 amide bonds. The first-order valence-electron chi connectivity index (χ1n) is 8.75. The third-order valence-corrected chi connectivity index (χ3v) is 4.34. The van der Waals surface area contributed by atoms with Crippen LogP contribution in [0.1, 0.15) is 37.1 Å². The van der Waals surface area contributed by atoms with E-state index in [1.807, 2.05) is 4.90 Å². The number of carbonyl (C=O) groups excluding carboxylic acids is 1. The van der Waals surface area contributed by atoms with Crippen molar-refractivity contribution in [2.24, 2.45) is 5.92 Å². The minimum atomic E-state index is -4.67. The minimum absolute atomic E-state index is 0.0823. The van der Waals surface area contributed by atoms with Crippen LogP contribution in [0.4, 0.5) is 13.2 Å². The highest BCUT2D eigenvalue weighted by molar-refractivity contribution is 5.76. The van der Waals surface area contributed by atoms with Crippen molar-refractivity contribution in [2.45, 2.75) is 38.4 Å². The fraction of sp³-hybridized carbons (Fsp3) is 0.421. The first kappa shape index (κ1) is 19.1. The van der Waals surface area contributed by atoms with E-state index < -0.39 is 12.1 Å². The normalized spacial score (nSPS) is 14.2. The monoisotopic (exact) mass is 379 g/mol. The molecule has 5 nitrogen and oxygen atoms in total. The number of benzene rings is 1. The maximum atomic E-state index is 12.6. The van der Waals surface area contributed by atoms with Crippen molar-refractivity contribution in [3.63, 3.8) is 0 Å². The molecule has 0 bridgehead atoms. The molecule has 0 spiro atoms. The Kier molecular flexibility index (Phi) is 5.62. The van der Waals surface area contributed by atoms with Crippen LogP contribution in [-0.2, 0) is 17.5 Å². The lowest BCUT2D eigenvalue weighted by atomic mass is 10.1. The summed E-state index contributed by atoms with van der Waals surface area (Å²) < 4.78 is 41.9. The molecule has 1 aromatic carbocycles. The van der Waals surface area contributed by atoms with Crippen molar-refractivity contribution in [3.05, 3.63) is 48.4 Å². The van der Waals surface area contributed by atoms with Crippen LogP contribution in [0.25, 0.3) is 11.4 Å². The highest BCUT2D eigenvalue weighted by Gasteiger charge is 2.38. The standard InChI is InChI=1S/C19H20F3N3O2/c1-2-3-4-16(26)25(11-13-5-6-13)12-14-7-9-15(10-8-14)17-23-18(27-24-17)19(20,21)22/h2,7-10,13H,1,3-6,11-12H2. The predicted molar refractivity (Wildman–Crippen MR) is 92.3 cm³/mol. The number of alkyl halides is 3. The summed E-state index contributed by atoms with van der Waals surface area (Å²) in [6, 6.07) is 6.78. The summed E-state index contributed by atoms with van der Waals surface area (Å²) in [5.41, 5.74) is 1.32. The molecule has 0 saturated heterocycles. The molecule has 1 heterocycles. The van der Waals surface area contributed by atoms with E-state index in [-0.39, 0.29) is 11.7 Å². The summed E-state index contributed by atoms with van der Waals surface area (Å²) in [6.45, 7) is 4.84. The van der Waals surface area contributed by atoms with Gasteiger partial charge in [0.15, 0.2) is 0 Å². The zero-order valence-electron chi connectivity index (χ0n) is 14.7.